The fourth-order valence-electron chi connectivity index (χ4n) is 1.89. The van der Waals surface area contributed by atoms with Gasteiger partial charge in [-0.05, 0) is 37.9 Å². The smallest absolute Gasteiger partial charge is 0.241 e. The van der Waals surface area contributed by atoms with Crippen LogP contribution >= 0.6 is 22.7 Å². The van der Waals surface area contributed by atoms with E-state index in [4.69, 9.17) is 0 Å². The monoisotopic (exact) mass is 330 g/mol. The molecular weight excluding hydrogens is 312 g/mol. The molecule has 2 rings (SSSR count). The zero-order valence-corrected chi connectivity index (χ0v) is 13.9. The van der Waals surface area contributed by atoms with Crippen molar-refractivity contribution < 1.29 is 8.42 Å². The van der Waals surface area contributed by atoms with Gasteiger partial charge in [0.25, 0.3) is 0 Å². The molecule has 2 N–H and O–H groups in total. The lowest BCUT2D eigenvalue weighted by Crippen LogP contribution is -2.26. The molecule has 20 heavy (non-hydrogen) atoms. The zero-order valence-electron chi connectivity index (χ0n) is 11.5. The number of thiophene rings is 2. The highest BCUT2D eigenvalue weighted by Crippen LogP contribution is 2.25. The van der Waals surface area contributed by atoms with Gasteiger partial charge in [-0.1, -0.05) is 6.07 Å². The van der Waals surface area contributed by atoms with Crippen LogP contribution in [0.2, 0.25) is 0 Å². The van der Waals surface area contributed by atoms with Crippen LogP contribution in [-0.2, 0) is 23.0 Å². The summed E-state index contributed by atoms with van der Waals surface area (Å²) in [6.45, 7) is 2.97. The number of hydrogen-bond donors (Lipinski definition) is 2. The Morgan fingerprint density at radius 2 is 2.10 bits per heavy atom. The maximum atomic E-state index is 12.3. The SMILES string of the molecule is CNCc1cc(S(=O)(=O)NCCc2cccs2)c(C)s1. The lowest BCUT2D eigenvalue weighted by atomic mass is 10.3. The molecule has 0 radical (unpaired) electrons. The number of aryl methyl sites for hydroxylation is 1. The van der Waals surface area contributed by atoms with Gasteiger partial charge in [0.2, 0.25) is 10.0 Å². The quantitative estimate of drug-likeness (QED) is 0.819. The summed E-state index contributed by atoms with van der Waals surface area (Å²) in [6.07, 6.45) is 0.726. The molecule has 7 heteroatoms. The van der Waals surface area contributed by atoms with E-state index >= 15 is 0 Å². The first-order valence-electron chi connectivity index (χ1n) is 6.29. The summed E-state index contributed by atoms with van der Waals surface area (Å²) in [5.74, 6) is 0. The molecule has 0 spiro atoms. The van der Waals surface area contributed by atoms with Crippen molar-refractivity contribution in [2.75, 3.05) is 13.6 Å². The Labute approximate surface area is 127 Å². The molecule has 0 bridgehead atoms. The Bertz CT molecular complexity index is 645. The topological polar surface area (TPSA) is 58.2 Å². The summed E-state index contributed by atoms with van der Waals surface area (Å²) >= 11 is 3.16. The van der Waals surface area contributed by atoms with Crippen LogP contribution in [0.15, 0.2) is 28.5 Å². The average molecular weight is 330 g/mol. The Hall–Kier alpha value is -0.730. The van der Waals surface area contributed by atoms with Crippen molar-refractivity contribution in [3.05, 3.63) is 38.2 Å². The second-order valence-electron chi connectivity index (χ2n) is 4.39. The Morgan fingerprint density at radius 1 is 1.30 bits per heavy atom. The minimum atomic E-state index is -3.40. The molecule has 0 aliphatic heterocycles. The molecule has 0 atom stereocenters. The zero-order chi connectivity index (χ0) is 14.6. The van der Waals surface area contributed by atoms with Crippen LogP contribution in [0.4, 0.5) is 0 Å². The van der Waals surface area contributed by atoms with E-state index in [0.29, 0.717) is 18.0 Å². The molecule has 0 aliphatic rings. The first-order valence-corrected chi connectivity index (χ1v) is 9.47. The van der Waals surface area contributed by atoms with E-state index in [2.05, 4.69) is 10.0 Å². The van der Waals surface area contributed by atoms with Gasteiger partial charge in [-0.3, -0.25) is 0 Å². The molecule has 2 heterocycles. The number of sulfonamides is 1. The predicted octanol–water partition coefficient (Wildman–Crippen LogP) is 2.36. The number of rotatable bonds is 7. The Morgan fingerprint density at radius 3 is 2.75 bits per heavy atom. The molecule has 0 aromatic carbocycles. The van der Waals surface area contributed by atoms with Gasteiger partial charge < -0.3 is 5.32 Å². The van der Waals surface area contributed by atoms with E-state index in [-0.39, 0.29) is 0 Å². The van der Waals surface area contributed by atoms with E-state index in [1.807, 2.05) is 31.5 Å². The van der Waals surface area contributed by atoms with Gasteiger partial charge in [-0.2, -0.15) is 0 Å². The second kappa shape index (κ2) is 6.82. The van der Waals surface area contributed by atoms with E-state index in [1.54, 1.807) is 17.4 Å². The second-order valence-corrected chi connectivity index (χ2v) is 8.50. The lowest BCUT2D eigenvalue weighted by molar-refractivity contribution is 0.581. The van der Waals surface area contributed by atoms with Crippen LogP contribution in [0.25, 0.3) is 0 Å². The van der Waals surface area contributed by atoms with Crippen molar-refractivity contribution in [2.45, 2.75) is 24.8 Å². The third kappa shape index (κ3) is 3.89. The van der Waals surface area contributed by atoms with Gasteiger partial charge >= 0.3 is 0 Å². The minimum Gasteiger partial charge on any atom is -0.315 e. The maximum Gasteiger partial charge on any atom is 0.241 e. The fourth-order valence-corrected chi connectivity index (χ4v) is 5.28. The summed E-state index contributed by atoms with van der Waals surface area (Å²) in [5, 5.41) is 5.03. The van der Waals surface area contributed by atoms with E-state index in [9.17, 15) is 8.42 Å². The summed E-state index contributed by atoms with van der Waals surface area (Å²) in [7, 11) is -1.55. The highest BCUT2D eigenvalue weighted by molar-refractivity contribution is 7.89. The van der Waals surface area contributed by atoms with Gasteiger partial charge in [0, 0.05) is 27.7 Å². The summed E-state index contributed by atoms with van der Waals surface area (Å²) < 4.78 is 27.2. The van der Waals surface area contributed by atoms with Gasteiger partial charge in [0.1, 0.15) is 0 Å². The normalized spacial score (nSPS) is 11.9. The van der Waals surface area contributed by atoms with Crippen LogP contribution in [0.1, 0.15) is 14.6 Å². The van der Waals surface area contributed by atoms with Crippen LogP contribution in [-0.4, -0.2) is 22.0 Å². The summed E-state index contributed by atoms with van der Waals surface area (Å²) in [5.41, 5.74) is 0. The molecule has 0 saturated heterocycles. The molecule has 0 unspecified atom stereocenters. The van der Waals surface area contributed by atoms with Crippen molar-refractivity contribution in [3.63, 3.8) is 0 Å². The van der Waals surface area contributed by atoms with Crippen molar-refractivity contribution in [1.82, 2.24) is 10.0 Å². The van der Waals surface area contributed by atoms with Gasteiger partial charge in [0.15, 0.2) is 0 Å². The van der Waals surface area contributed by atoms with Crippen molar-refractivity contribution in [1.29, 1.82) is 0 Å². The van der Waals surface area contributed by atoms with Crippen molar-refractivity contribution >= 4 is 32.7 Å². The number of nitrogens with one attached hydrogen (secondary N) is 2. The molecule has 2 aromatic heterocycles. The molecule has 0 fully saturated rings. The van der Waals surface area contributed by atoms with Gasteiger partial charge in [-0.25, -0.2) is 13.1 Å². The number of hydrogen-bond acceptors (Lipinski definition) is 5. The third-order valence-corrected chi connectivity index (χ3v) is 6.51. The lowest BCUT2D eigenvalue weighted by Gasteiger charge is -2.05. The summed E-state index contributed by atoms with van der Waals surface area (Å²) in [4.78, 5) is 3.45. The third-order valence-electron chi connectivity index (χ3n) is 2.81. The minimum absolute atomic E-state index is 0.402. The highest BCUT2D eigenvalue weighted by atomic mass is 32.2. The first-order chi connectivity index (χ1) is 9.53. The van der Waals surface area contributed by atoms with Crippen molar-refractivity contribution in [3.8, 4) is 0 Å². The van der Waals surface area contributed by atoms with Crippen LogP contribution < -0.4 is 10.0 Å². The molecule has 110 valence electrons. The van der Waals surface area contributed by atoms with Crippen molar-refractivity contribution in [2.24, 2.45) is 0 Å². The fraction of sp³-hybridized carbons (Fsp3) is 0.385. The molecule has 0 aliphatic carbocycles. The first kappa shape index (κ1) is 15.7. The van der Waals surface area contributed by atoms with Crippen LogP contribution in [0.3, 0.4) is 0 Å². The standard InChI is InChI=1S/C13H18N2O2S3/c1-10-13(8-12(19-10)9-14-2)20(16,17)15-6-5-11-4-3-7-18-11/h3-4,7-8,14-15H,5-6,9H2,1-2H3. The summed E-state index contributed by atoms with van der Waals surface area (Å²) in [6, 6.07) is 5.74. The molecular formula is C13H18N2O2S3. The molecule has 4 nitrogen and oxygen atoms in total. The van der Waals surface area contributed by atoms with Gasteiger partial charge in [-0.15, -0.1) is 22.7 Å². The van der Waals surface area contributed by atoms with E-state index in [0.717, 1.165) is 16.2 Å². The molecule has 0 saturated carbocycles. The van der Waals surface area contributed by atoms with Gasteiger partial charge in [0.05, 0.1) is 4.90 Å². The predicted molar refractivity (Wildman–Crippen MR) is 85.0 cm³/mol. The highest BCUT2D eigenvalue weighted by Gasteiger charge is 2.19. The van der Waals surface area contributed by atoms with E-state index in [1.165, 1.54) is 16.2 Å². The van der Waals surface area contributed by atoms with E-state index < -0.39 is 10.0 Å². The van der Waals surface area contributed by atoms with Crippen LogP contribution in [0, 0.1) is 6.92 Å². The molecule has 0 amide bonds. The van der Waals surface area contributed by atoms with Crippen LogP contribution in [0.5, 0.6) is 0 Å². The maximum absolute atomic E-state index is 12.3. The molecule has 2 aromatic rings. The Balaban J connectivity index is 2.02. The average Bonchev–Trinajstić information content (AvgIpc) is 2.99. The largest absolute Gasteiger partial charge is 0.315 e. The Kier molecular flexibility index (Phi) is 5.34.